The molecule has 0 aliphatic carbocycles. The van der Waals surface area contributed by atoms with Crippen molar-refractivity contribution in [2.24, 2.45) is 0 Å². The molecule has 0 unspecified atom stereocenters. The van der Waals surface area contributed by atoms with Gasteiger partial charge < -0.3 is 14.8 Å². The van der Waals surface area contributed by atoms with Gasteiger partial charge in [-0.3, -0.25) is 4.79 Å². The third kappa shape index (κ3) is 4.20. The normalized spacial score (nSPS) is 10.9. The highest BCUT2D eigenvalue weighted by Crippen LogP contribution is 2.25. The Morgan fingerprint density at radius 2 is 1.77 bits per heavy atom. The Morgan fingerprint density at radius 3 is 2.43 bits per heavy atom. The zero-order valence-electron chi connectivity index (χ0n) is 15.7. The molecule has 0 fully saturated rings. The summed E-state index contributed by atoms with van der Waals surface area (Å²) < 4.78 is 7.17. The van der Waals surface area contributed by atoms with E-state index in [4.69, 9.17) is 9.52 Å². The van der Waals surface area contributed by atoms with Gasteiger partial charge in [0.2, 0.25) is 0 Å². The fourth-order valence-electron chi connectivity index (χ4n) is 2.90. The standard InChI is InChI=1S/C23H17N3O4/c27-22(28)13-10-16-8-11-17(12-9-16)24-23(29)19-15-20(21-7-4-14-30-21)26(25-19)18-5-2-1-3-6-18/h1-15H,(H,24,29)(H,27,28). The van der Waals surface area contributed by atoms with E-state index in [0.29, 0.717) is 22.7 Å². The average molecular weight is 399 g/mol. The molecule has 7 heteroatoms. The zero-order chi connectivity index (χ0) is 20.9. The van der Waals surface area contributed by atoms with Crippen molar-refractivity contribution in [1.82, 2.24) is 9.78 Å². The van der Waals surface area contributed by atoms with Crippen LogP contribution in [0.1, 0.15) is 16.1 Å². The molecule has 148 valence electrons. The quantitative estimate of drug-likeness (QED) is 0.466. The van der Waals surface area contributed by atoms with Gasteiger partial charge in [-0.15, -0.1) is 0 Å². The number of aliphatic carboxylic acids is 1. The van der Waals surface area contributed by atoms with Crippen LogP contribution >= 0.6 is 0 Å². The lowest BCUT2D eigenvalue weighted by Crippen LogP contribution is -2.13. The van der Waals surface area contributed by atoms with Crippen molar-refractivity contribution < 1.29 is 19.1 Å². The number of rotatable bonds is 6. The van der Waals surface area contributed by atoms with Gasteiger partial charge >= 0.3 is 5.97 Å². The highest BCUT2D eigenvalue weighted by molar-refractivity contribution is 6.03. The van der Waals surface area contributed by atoms with Crippen LogP contribution in [0.15, 0.2) is 89.6 Å². The smallest absolute Gasteiger partial charge is 0.328 e. The molecule has 2 aromatic heterocycles. The maximum Gasteiger partial charge on any atom is 0.328 e. The van der Waals surface area contributed by atoms with Crippen LogP contribution < -0.4 is 5.32 Å². The third-order valence-electron chi connectivity index (χ3n) is 4.30. The van der Waals surface area contributed by atoms with E-state index in [-0.39, 0.29) is 11.6 Å². The van der Waals surface area contributed by atoms with Gasteiger partial charge in [-0.2, -0.15) is 5.10 Å². The molecule has 1 amide bonds. The largest absolute Gasteiger partial charge is 0.478 e. The Bertz CT molecular complexity index is 1190. The molecule has 0 saturated carbocycles. The summed E-state index contributed by atoms with van der Waals surface area (Å²) in [4.78, 5) is 23.4. The van der Waals surface area contributed by atoms with Crippen molar-refractivity contribution in [2.75, 3.05) is 5.32 Å². The van der Waals surface area contributed by atoms with Gasteiger partial charge in [0.05, 0.1) is 12.0 Å². The monoisotopic (exact) mass is 399 g/mol. The number of carboxylic acid groups (broad SMARTS) is 1. The number of para-hydroxylation sites is 1. The van der Waals surface area contributed by atoms with E-state index in [2.05, 4.69) is 10.4 Å². The van der Waals surface area contributed by atoms with E-state index in [1.165, 1.54) is 6.08 Å². The third-order valence-corrected chi connectivity index (χ3v) is 4.30. The van der Waals surface area contributed by atoms with E-state index in [9.17, 15) is 9.59 Å². The molecule has 4 aromatic rings. The summed E-state index contributed by atoms with van der Waals surface area (Å²) in [5.74, 6) is -0.792. The minimum atomic E-state index is -1.02. The molecule has 0 bridgehead atoms. The number of nitrogens with one attached hydrogen (secondary N) is 1. The van der Waals surface area contributed by atoms with Crippen LogP contribution in [-0.2, 0) is 4.79 Å². The summed E-state index contributed by atoms with van der Waals surface area (Å²) in [5, 5.41) is 16.0. The zero-order valence-corrected chi connectivity index (χ0v) is 15.7. The first-order chi connectivity index (χ1) is 14.6. The molecule has 2 heterocycles. The van der Waals surface area contributed by atoms with Crippen LogP contribution in [0.2, 0.25) is 0 Å². The molecule has 0 aliphatic rings. The highest BCUT2D eigenvalue weighted by atomic mass is 16.4. The van der Waals surface area contributed by atoms with Crippen LogP contribution in [0.4, 0.5) is 5.69 Å². The Labute approximate surface area is 171 Å². The molecule has 7 nitrogen and oxygen atoms in total. The summed E-state index contributed by atoms with van der Waals surface area (Å²) in [5.41, 5.74) is 2.98. The number of aromatic nitrogens is 2. The first-order valence-corrected chi connectivity index (χ1v) is 9.12. The minimum Gasteiger partial charge on any atom is -0.478 e. The second kappa shape index (κ2) is 8.32. The molecule has 2 aromatic carbocycles. The molecule has 0 saturated heterocycles. The lowest BCUT2D eigenvalue weighted by atomic mass is 10.2. The number of hydrogen-bond acceptors (Lipinski definition) is 4. The first kappa shape index (κ1) is 18.9. The molecule has 2 N–H and O–H groups in total. The van der Waals surface area contributed by atoms with Crippen LogP contribution in [0.3, 0.4) is 0 Å². The van der Waals surface area contributed by atoms with Crippen molar-refractivity contribution >= 4 is 23.6 Å². The van der Waals surface area contributed by atoms with Gasteiger partial charge in [0.15, 0.2) is 11.5 Å². The fourth-order valence-corrected chi connectivity index (χ4v) is 2.90. The maximum atomic E-state index is 12.8. The summed E-state index contributed by atoms with van der Waals surface area (Å²) in [7, 11) is 0. The second-order valence-electron chi connectivity index (χ2n) is 6.39. The average Bonchev–Trinajstić information content (AvgIpc) is 3.44. The van der Waals surface area contributed by atoms with E-state index < -0.39 is 5.97 Å². The van der Waals surface area contributed by atoms with Gasteiger partial charge in [0, 0.05) is 17.8 Å². The number of hydrogen-bond donors (Lipinski definition) is 2. The van der Waals surface area contributed by atoms with Crippen molar-refractivity contribution in [3.63, 3.8) is 0 Å². The molecule has 0 aliphatic heterocycles. The number of furan rings is 1. The molecule has 0 spiro atoms. The summed E-state index contributed by atoms with van der Waals surface area (Å²) >= 11 is 0. The molecule has 4 rings (SSSR count). The molecular formula is C23H17N3O4. The Kier molecular flexibility index (Phi) is 5.25. The highest BCUT2D eigenvalue weighted by Gasteiger charge is 2.18. The van der Waals surface area contributed by atoms with Crippen LogP contribution in [0.25, 0.3) is 23.2 Å². The van der Waals surface area contributed by atoms with Crippen LogP contribution in [0, 0.1) is 0 Å². The van der Waals surface area contributed by atoms with E-state index in [0.717, 1.165) is 11.8 Å². The van der Waals surface area contributed by atoms with Crippen LogP contribution in [-0.4, -0.2) is 26.8 Å². The van der Waals surface area contributed by atoms with Crippen LogP contribution in [0.5, 0.6) is 0 Å². The number of anilines is 1. The van der Waals surface area contributed by atoms with Gasteiger partial charge in [-0.05, 0) is 48.0 Å². The lowest BCUT2D eigenvalue weighted by Gasteiger charge is -2.05. The Balaban J connectivity index is 1.59. The fraction of sp³-hybridized carbons (Fsp3) is 0. The predicted octanol–water partition coefficient (Wildman–Crippen LogP) is 4.48. The number of carbonyl (C=O) groups excluding carboxylic acids is 1. The summed E-state index contributed by atoms with van der Waals surface area (Å²) in [6, 6.07) is 21.5. The second-order valence-corrected chi connectivity index (χ2v) is 6.39. The maximum absolute atomic E-state index is 12.8. The van der Waals surface area contributed by atoms with Gasteiger partial charge in [-0.1, -0.05) is 30.3 Å². The van der Waals surface area contributed by atoms with E-state index in [1.54, 1.807) is 47.3 Å². The number of carbonyl (C=O) groups is 2. The molecule has 0 atom stereocenters. The van der Waals surface area contributed by atoms with Gasteiger partial charge in [0.1, 0.15) is 5.69 Å². The van der Waals surface area contributed by atoms with Crippen molar-refractivity contribution in [1.29, 1.82) is 0 Å². The topological polar surface area (TPSA) is 97.4 Å². The summed E-state index contributed by atoms with van der Waals surface area (Å²) in [6.07, 6.45) is 4.10. The predicted molar refractivity (Wildman–Crippen MR) is 112 cm³/mol. The molecular weight excluding hydrogens is 382 g/mol. The Morgan fingerprint density at radius 1 is 1.00 bits per heavy atom. The number of carboxylic acids is 1. The van der Waals surface area contributed by atoms with E-state index >= 15 is 0 Å². The van der Waals surface area contributed by atoms with E-state index in [1.807, 2.05) is 36.4 Å². The number of benzene rings is 2. The van der Waals surface area contributed by atoms with Gasteiger partial charge in [0.25, 0.3) is 5.91 Å². The molecule has 30 heavy (non-hydrogen) atoms. The minimum absolute atomic E-state index is 0.236. The first-order valence-electron chi connectivity index (χ1n) is 9.12. The number of amides is 1. The van der Waals surface area contributed by atoms with Crippen molar-refractivity contribution in [3.05, 3.63) is 96.4 Å². The molecule has 0 radical (unpaired) electrons. The summed E-state index contributed by atoms with van der Waals surface area (Å²) in [6.45, 7) is 0. The number of nitrogens with zero attached hydrogens (tertiary/aromatic N) is 2. The van der Waals surface area contributed by atoms with Gasteiger partial charge in [-0.25, -0.2) is 9.48 Å². The van der Waals surface area contributed by atoms with Crippen molar-refractivity contribution in [2.45, 2.75) is 0 Å². The Hall–Kier alpha value is -4.39. The lowest BCUT2D eigenvalue weighted by molar-refractivity contribution is -0.131. The SMILES string of the molecule is O=C(O)C=Cc1ccc(NC(=O)c2cc(-c3ccco3)n(-c3ccccc3)n2)cc1. The van der Waals surface area contributed by atoms with Crippen molar-refractivity contribution in [3.8, 4) is 17.1 Å².